The fourth-order valence-electron chi connectivity index (χ4n) is 4.59. The summed E-state index contributed by atoms with van der Waals surface area (Å²) in [5.41, 5.74) is 2.01. The molecule has 2 aromatic rings. The van der Waals surface area contributed by atoms with Crippen molar-refractivity contribution in [2.75, 3.05) is 26.2 Å². The number of ether oxygens (including phenoxy) is 1. The number of likely N-dealkylation sites (tertiary alicyclic amines) is 1. The van der Waals surface area contributed by atoms with Gasteiger partial charge in [-0.05, 0) is 37.8 Å². The van der Waals surface area contributed by atoms with Crippen LogP contribution in [0.2, 0.25) is 0 Å². The van der Waals surface area contributed by atoms with Gasteiger partial charge in [-0.2, -0.15) is 0 Å². The van der Waals surface area contributed by atoms with Crippen LogP contribution in [-0.2, 0) is 4.74 Å². The van der Waals surface area contributed by atoms with Crippen LogP contribution in [-0.4, -0.2) is 46.8 Å². The first-order valence-electron chi connectivity index (χ1n) is 10.3. The van der Waals surface area contributed by atoms with Gasteiger partial charge in [0.25, 0.3) is 0 Å². The van der Waals surface area contributed by atoms with E-state index in [2.05, 4.69) is 9.88 Å². The maximum Gasteiger partial charge on any atom is 0.326 e. The van der Waals surface area contributed by atoms with Gasteiger partial charge in [-0.1, -0.05) is 37.8 Å². The van der Waals surface area contributed by atoms with Gasteiger partial charge in [0.15, 0.2) is 0 Å². The molecule has 1 aromatic carbocycles. The molecule has 0 bridgehead atoms. The van der Waals surface area contributed by atoms with Crippen LogP contribution < -0.4 is 5.69 Å². The van der Waals surface area contributed by atoms with Gasteiger partial charge in [-0.3, -0.25) is 4.57 Å². The van der Waals surface area contributed by atoms with Crippen LogP contribution in [0.1, 0.15) is 57.4 Å². The van der Waals surface area contributed by atoms with Crippen LogP contribution in [0.4, 0.5) is 0 Å². The number of aromatic nitrogens is 2. The highest BCUT2D eigenvalue weighted by Gasteiger charge is 2.23. The van der Waals surface area contributed by atoms with E-state index in [4.69, 9.17) is 4.74 Å². The molecule has 1 aliphatic carbocycles. The number of hydrogen-bond donors (Lipinski definition) is 1. The second-order valence-electron chi connectivity index (χ2n) is 7.87. The van der Waals surface area contributed by atoms with Gasteiger partial charge in [0.05, 0.1) is 23.7 Å². The van der Waals surface area contributed by atoms with E-state index in [1.807, 2.05) is 28.8 Å². The summed E-state index contributed by atoms with van der Waals surface area (Å²) < 4.78 is 8.11. The highest BCUT2D eigenvalue weighted by atomic mass is 16.5. The Labute approximate surface area is 155 Å². The lowest BCUT2D eigenvalue weighted by molar-refractivity contribution is 0.0240. The van der Waals surface area contributed by atoms with Crippen molar-refractivity contribution in [2.45, 2.75) is 63.5 Å². The summed E-state index contributed by atoms with van der Waals surface area (Å²) in [5, 5.41) is 0. The molecule has 1 N–H and O–H groups in total. The molecule has 0 radical (unpaired) electrons. The molecule has 1 saturated heterocycles. The normalized spacial score (nSPS) is 21.2. The lowest BCUT2D eigenvalue weighted by atomic mass is 10.0. The van der Waals surface area contributed by atoms with Crippen molar-refractivity contribution in [1.82, 2.24) is 14.5 Å². The molecule has 1 aliphatic heterocycles. The molecule has 0 atom stereocenters. The van der Waals surface area contributed by atoms with Gasteiger partial charge in [0, 0.05) is 25.7 Å². The molecule has 0 amide bonds. The Hall–Kier alpha value is -1.59. The summed E-state index contributed by atoms with van der Waals surface area (Å²) in [6.45, 7) is 3.96. The molecular weight excluding hydrogens is 326 g/mol. The number of benzene rings is 1. The molecule has 142 valence electrons. The molecule has 0 spiro atoms. The van der Waals surface area contributed by atoms with Gasteiger partial charge in [0.2, 0.25) is 0 Å². The SMILES string of the molecule is O=c1[nH]c2ccccc2n1C1CCN(CCOC2CCCCCC2)CC1. The fraction of sp³-hybridized carbons (Fsp3) is 0.667. The topological polar surface area (TPSA) is 50.3 Å². The Morgan fingerprint density at radius 2 is 1.73 bits per heavy atom. The summed E-state index contributed by atoms with van der Waals surface area (Å²) in [5.74, 6) is 0. The zero-order valence-electron chi connectivity index (χ0n) is 15.7. The minimum atomic E-state index is 0.0290. The van der Waals surface area contributed by atoms with E-state index >= 15 is 0 Å². The third-order valence-electron chi connectivity index (χ3n) is 6.11. The number of aromatic amines is 1. The van der Waals surface area contributed by atoms with Crippen molar-refractivity contribution in [3.63, 3.8) is 0 Å². The number of imidazole rings is 1. The third kappa shape index (κ3) is 4.04. The first-order valence-corrected chi connectivity index (χ1v) is 10.3. The molecule has 26 heavy (non-hydrogen) atoms. The molecule has 2 aliphatic rings. The molecule has 1 aromatic heterocycles. The van der Waals surface area contributed by atoms with Gasteiger partial charge >= 0.3 is 5.69 Å². The van der Waals surface area contributed by atoms with Crippen LogP contribution in [0.15, 0.2) is 29.1 Å². The minimum absolute atomic E-state index is 0.0290. The first-order chi connectivity index (χ1) is 12.8. The summed E-state index contributed by atoms with van der Waals surface area (Å²) in [6.07, 6.45) is 10.4. The summed E-state index contributed by atoms with van der Waals surface area (Å²) >= 11 is 0. The standard InChI is InChI=1S/C21H31N3O2/c25-21-22-19-9-5-6-10-20(19)24(21)17-11-13-23(14-12-17)15-16-26-18-7-3-1-2-4-8-18/h5-6,9-10,17-18H,1-4,7-8,11-16H2,(H,22,25). The maximum absolute atomic E-state index is 12.4. The largest absolute Gasteiger partial charge is 0.377 e. The van der Waals surface area contributed by atoms with E-state index in [0.29, 0.717) is 12.1 Å². The maximum atomic E-state index is 12.4. The Kier molecular flexibility index (Phi) is 5.75. The van der Waals surface area contributed by atoms with E-state index in [0.717, 1.165) is 50.1 Å². The van der Waals surface area contributed by atoms with Crippen molar-refractivity contribution in [3.8, 4) is 0 Å². The number of piperidine rings is 1. The molecule has 2 heterocycles. The predicted octanol–water partition coefficient (Wildman–Crippen LogP) is 3.71. The Morgan fingerprint density at radius 3 is 2.50 bits per heavy atom. The molecule has 0 unspecified atom stereocenters. The third-order valence-corrected chi connectivity index (χ3v) is 6.11. The lowest BCUT2D eigenvalue weighted by Crippen LogP contribution is -2.39. The number of hydrogen-bond acceptors (Lipinski definition) is 3. The lowest BCUT2D eigenvalue weighted by Gasteiger charge is -2.32. The number of H-pyrrole nitrogens is 1. The molecule has 1 saturated carbocycles. The number of para-hydroxylation sites is 2. The van der Waals surface area contributed by atoms with E-state index < -0.39 is 0 Å². The Morgan fingerprint density at radius 1 is 1.00 bits per heavy atom. The van der Waals surface area contributed by atoms with E-state index in [1.165, 1.54) is 38.5 Å². The zero-order chi connectivity index (χ0) is 17.8. The predicted molar refractivity (Wildman–Crippen MR) is 105 cm³/mol. The number of nitrogens with one attached hydrogen (secondary N) is 1. The molecule has 5 heteroatoms. The second-order valence-corrected chi connectivity index (χ2v) is 7.87. The van der Waals surface area contributed by atoms with Crippen LogP contribution in [0, 0.1) is 0 Å². The number of fused-ring (bicyclic) bond motifs is 1. The average molecular weight is 357 g/mol. The van der Waals surface area contributed by atoms with Crippen LogP contribution >= 0.6 is 0 Å². The summed E-state index contributed by atoms with van der Waals surface area (Å²) in [4.78, 5) is 17.8. The first kappa shape index (κ1) is 17.8. The van der Waals surface area contributed by atoms with E-state index in [9.17, 15) is 4.79 Å². The van der Waals surface area contributed by atoms with E-state index in [-0.39, 0.29) is 5.69 Å². The highest BCUT2D eigenvalue weighted by molar-refractivity contribution is 5.75. The van der Waals surface area contributed by atoms with Crippen LogP contribution in [0.3, 0.4) is 0 Å². The van der Waals surface area contributed by atoms with Crippen molar-refractivity contribution in [1.29, 1.82) is 0 Å². The molecule has 5 nitrogen and oxygen atoms in total. The fourth-order valence-corrected chi connectivity index (χ4v) is 4.59. The smallest absolute Gasteiger partial charge is 0.326 e. The molecule has 2 fully saturated rings. The van der Waals surface area contributed by atoms with Crippen LogP contribution in [0.25, 0.3) is 11.0 Å². The van der Waals surface area contributed by atoms with Gasteiger partial charge in [-0.25, -0.2) is 4.79 Å². The quantitative estimate of drug-likeness (QED) is 0.830. The highest BCUT2D eigenvalue weighted by Crippen LogP contribution is 2.25. The number of rotatable bonds is 5. The molecule has 4 rings (SSSR count). The monoisotopic (exact) mass is 357 g/mol. The Bertz CT molecular complexity index is 750. The van der Waals surface area contributed by atoms with E-state index in [1.54, 1.807) is 0 Å². The van der Waals surface area contributed by atoms with Crippen molar-refractivity contribution >= 4 is 11.0 Å². The van der Waals surface area contributed by atoms with Gasteiger partial charge < -0.3 is 14.6 Å². The molecular formula is C21H31N3O2. The average Bonchev–Trinajstić information content (AvgIpc) is 2.82. The van der Waals surface area contributed by atoms with Crippen molar-refractivity contribution < 1.29 is 4.74 Å². The van der Waals surface area contributed by atoms with Gasteiger partial charge in [-0.15, -0.1) is 0 Å². The van der Waals surface area contributed by atoms with Crippen LogP contribution in [0.5, 0.6) is 0 Å². The summed E-state index contributed by atoms with van der Waals surface area (Å²) in [6, 6.07) is 8.30. The van der Waals surface area contributed by atoms with Gasteiger partial charge in [0.1, 0.15) is 0 Å². The van der Waals surface area contributed by atoms with Crippen molar-refractivity contribution in [2.24, 2.45) is 0 Å². The second kappa shape index (κ2) is 8.40. The summed E-state index contributed by atoms with van der Waals surface area (Å²) in [7, 11) is 0. The van der Waals surface area contributed by atoms with Crippen molar-refractivity contribution in [3.05, 3.63) is 34.7 Å². The zero-order valence-corrected chi connectivity index (χ0v) is 15.7. The minimum Gasteiger partial charge on any atom is -0.377 e. The number of nitrogens with zero attached hydrogens (tertiary/aromatic N) is 2. The Balaban J connectivity index is 1.27.